The third-order valence-electron chi connectivity index (χ3n) is 2.34. The molecule has 0 aliphatic rings. The van der Waals surface area contributed by atoms with Crippen LogP contribution in [-0.4, -0.2) is 32.3 Å². The lowest BCUT2D eigenvalue weighted by atomic mass is 10.1. The number of rotatable bonds is 11. The van der Waals surface area contributed by atoms with Gasteiger partial charge in [-0.2, -0.15) is 0 Å². The van der Waals surface area contributed by atoms with Crippen molar-refractivity contribution < 1.29 is 9.47 Å². The number of halogens is 1. The summed E-state index contributed by atoms with van der Waals surface area (Å²) < 4.78 is 10.3. The molecule has 0 spiro atoms. The molecule has 0 saturated heterocycles. The summed E-state index contributed by atoms with van der Waals surface area (Å²) in [5.41, 5.74) is 0. The second-order valence-electron chi connectivity index (χ2n) is 3.84. The van der Waals surface area contributed by atoms with Gasteiger partial charge in [-0.25, -0.2) is 0 Å². The van der Waals surface area contributed by atoms with Crippen molar-refractivity contribution in [1.82, 2.24) is 0 Å². The standard InChI is InChI=1S/C12H25ClO2/c1-3-7-12(13)8-5-4-6-9-15-11-10-14-2/h12H,3-11H2,1-2H3. The minimum atomic E-state index is 0.379. The zero-order valence-electron chi connectivity index (χ0n) is 10.1. The topological polar surface area (TPSA) is 18.5 Å². The first-order chi connectivity index (χ1) is 7.31. The normalized spacial score (nSPS) is 13.0. The number of alkyl halides is 1. The molecule has 0 heterocycles. The van der Waals surface area contributed by atoms with Gasteiger partial charge in [0, 0.05) is 19.1 Å². The molecule has 0 aliphatic heterocycles. The van der Waals surface area contributed by atoms with Gasteiger partial charge in [-0.05, 0) is 19.3 Å². The van der Waals surface area contributed by atoms with Crippen molar-refractivity contribution in [3.05, 3.63) is 0 Å². The maximum Gasteiger partial charge on any atom is 0.0700 e. The van der Waals surface area contributed by atoms with Crippen LogP contribution in [0.4, 0.5) is 0 Å². The van der Waals surface area contributed by atoms with Crippen molar-refractivity contribution in [2.24, 2.45) is 0 Å². The predicted molar refractivity (Wildman–Crippen MR) is 65.7 cm³/mol. The average Bonchev–Trinajstić information content (AvgIpc) is 2.22. The summed E-state index contributed by atoms with van der Waals surface area (Å²) in [5, 5.41) is 0.379. The number of hydrogen-bond donors (Lipinski definition) is 0. The van der Waals surface area contributed by atoms with Crippen LogP contribution in [0.15, 0.2) is 0 Å². The van der Waals surface area contributed by atoms with E-state index in [9.17, 15) is 0 Å². The monoisotopic (exact) mass is 236 g/mol. The molecule has 3 heteroatoms. The van der Waals surface area contributed by atoms with Crippen LogP contribution in [0, 0.1) is 0 Å². The highest BCUT2D eigenvalue weighted by atomic mass is 35.5. The highest BCUT2D eigenvalue weighted by molar-refractivity contribution is 6.20. The Labute approximate surface area is 99.3 Å². The summed E-state index contributed by atoms with van der Waals surface area (Å²) in [6.45, 7) is 4.44. The van der Waals surface area contributed by atoms with E-state index < -0.39 is 0 Å². The Morgan fingerprint density at radius 3 is 2.47 bits per heavy atom. The molecule has 0 aliphatic carbocycles. The van der Waals surface area contributed by atoms with Gasteiger partial charge in [0.15, 0.2) is 0 Å². The predicted octanol–water partition coefficient (Wildman–Crippen LogP) is 3.62. The Balaban J connectivity index is 2.98. The number of methoxy groups -OCH3 is 1. The van der Waals surface area contributed by atoms with Crippen LogP contribution in [0.25, 0.3) is 0 Å². The molecule has 0 radical (unpaired) electrons. The summed E-state index contributed by atoms with van der Waals surface area (Å²) in [6.07, 6.45) is 7.06. The molecule has 0 amide bonds. The van der Waals surface area contributed by atoms with Crippen LogP contribution in [0.5, 0.6) is 0 Å². The van der Waals surface area contributed by atoms with Crippen LogP contribution in [-0.2, 0) is 9.47 Å². The van der Waals surface area contributed by atoms with Crippen molar-refractivity contribution >= 4 is 11.6 Å². The van der Waals surface area contributed by atoms with E-state index in [2.05, 4.69) is 6.92 Å². The Hall–Kier alpha value is 0.210. The maximum absolute atomic E-state index is 6.11. The third-order valence-corrected chi connectivity index (χ3v) is 2.78. The van der Waals surface area contributed by atoms with Gasteiger partial charge in [0.05, 0.1) is 13.2 Å². The van der Waals surface area contributed by atoms with E-state index in [-0.39, 0.29) is 0 Å². The lowest BCUT2D eigenvalue weighted by Crippen LogP contribution is -2.03. The number of unbranched alkanes of at least 4 members (excludes halogenated alkanes) is 2. The molecule has 1 atom stereocenters. The molecule has 0 rings (SSSR count). The first kappa shape index (κ1) is 15.2. The molecule has 0 fully saturated rings. The quantitative estimate of drug-likeness (QED) is 0.403. The third kappa shape index (κ3) is 12.1. The van der Waals surface area contributed by atoms with Gasteiger partial charge < -0.3 is 9.47 Å². The van der Waals surface area contributed by atoms with Crippen LogP contribution in [0.3, 0.4) is 0 Å². The summed E-state index contributed by atoms with van der Waals surface area (Å²) >= 11 is 6.11. The van der Waals surface area contributed by atoms with Gasteiger partial charge in [0.1, 0.15) is 0 Å². The van der Waals surface area contributed by atoms with Crippen LogP contribution in [0.1, 0.15) is 45.4 Å². The van der Waals surface area contributed by atoms with Crippen molar-refractivity contribution in [2.45, 2.75) is 50.8 Å². The Bertz CT molecular complexity index is 120. The molecule has 0 aromatic carbocycles. The highest BCUT2D eigenvalue weighted by Gasteiger charge is 2.01. The second kappa shape index (κ2) is 12.3. The molecule has 0 aromatic heterocycles. The average molecular weight is 237 g/mol. The van der Waals surface area contributed by atoms with Crippen molar-refractivity contribution in [3.63, 3.8) is 0 Å². The largest absolute Gasteiger partial charge is 0.382 e. The van der Waals surface area contributed by atoms with Gasteiger partial charge in [0.25, 0.3) is 0 Å². The highest BCUT2D eigenvalue weighted by Crippen LogP contribution is 2.13. The molecule has 0 N–H and O–H groups in total. The molecule has 1 unspecified atom stereocenters. The Kier molecular flexibility index (Phi) is 12.5. The van der Waals surface area contributed by atoms with E-state index in [1.165, 1.54) is 19.3 Å². The maximum atomic E-state index is 6.11. The molecular formula is C12H25ClO2. The lowest BCUT2D eigenvalue weighted by Gasteiger charge is -2.07. The molecule has 0 bridgehead atoms. The smallest absolute Gasteiger partial charge is 0.0700 e. The minimum Gasteiger partial charge on any atom is -0.382 e. The fourth-order valence-electron chi connectivity index (χ4n) is 1.45. The van der Waals surface area contributed by atoms with E-state index in [4.69, 9.17) is 21.1 Å². The van der Waals surface area contributed by atoms with Gasteiger partial charge in [-0.1, -0.05) is 26.2 Å². The first-order valence-corrected chi connectivity index (χ1v) is 6.45. The SMILES string of the molecule is CCCC(Cl)CCCCCOCCOC. The second-order valence-corrected chi connectivity index (χ2v) is 4.46. The van der Waals surface area contributed by atoms with Gasteiger partial charge in [0.2, 0.25) is 0 Å². The van der Waals surface area contributed by atoms with E-state index >= 15 is 0 Å². The molecule has 0 saturated carbocycles. The summed E-state index contributed by atoms with van der Waals surface area (Å²) in [7, 11) is 1.69. The lowest BCUT2D eigenvalue weighted by molar-refractivity contribution is 0.0686. The van der Waals surface area contributed by atoms with Gasteiger partial charge in [-0.15, -0.1) is 11.6 Å². The fourth-order valence-corrected chi connectivity index (χ4v) is 1.82. The molecule has 0 aromatic rings. The van der Waals surface area contributed by atoms with E-state index in [0.29, 0.717) is 18.6 Å². The zero-order valence-corrected chi connectivity index (χ0v) is 10.9. The van der Waals surface area contributed by atoms with E-state index in [1.54, 1.807) is 7.11 Å². The number of hydrogen-bond acceptors (Lipinski definition) is 2. The molecular weight excluding hydrogens is 212 g/mol. The molecule has 15 heavy (non-hydrogen) atoms. The van der Waals surface area contributed by atoms with Crippen LogP contribution >= 0.6 is 11.6 Å². The zero-order chi connectivity index (χ0) is 11.4. The van der Waals surface area contributed by atoms with Gasteiger partial charge >= 0.3 is 0 Å². The van der Waals surface area contributed by atoms with Gasteiger partial charge in [-0.3, -0.25) is 0 Å². The van der Waals surface area contributed by atoms with Crippen LogP contribution in [0.2, 0.25) is 0 Å². The minimum absolute atomic E-state index is 0.379. The number of ether oxygens (including phenoxy) is 2. The van der Waals surface area contributed by atoms with E-state index in [1.807, 2.05) is 0 Å². The van der Waals surface area contributed by atoms with Crippen LogP contribution < -0.4 is 0 Å². The molecule has 92 valence electrons. The molecule has 2 nitrogen and oxygen atoms in total. The summed E-state index contributed by atoms with van der Waals surface area (Å²) in [5.74, 6) is 0. The summed E-state index contributed by atoms with van der Waals surface area (Å²) in [4.78, 5) is 0. The first-order valence-electron chi connectivity index (χ1n) is 6.02. The van der Waals surface area contributed by atoms with Crippen molar-refractivity contribution in [1.29, 1.82) is 0 Å². The summed E-state index contributed by atoms with van der Waals surface area (Å²) in [6, 6.07) is 0. The fraction of sp³-hybridized carbons (Fsp3) is 1.00. The van der Waals surface area contributed by atoms with E-state index in [0.717, 1.165) is 25.9 Å². The Morgan fingerprint density at radius 1 is 1.00 bits per heavy atom. The van der Waals surface area contributed by atoms with Crippen molar-refractivity contribution in [3.8, 4) is 0 Å². The Morgan fingerprint density at radius 2 is 1.80 bits per heavy atom. The van der Waals surface area contributed by atoms with Crippen molar-refractivity contribution in [2.75, 3.05) is 26.9 Å².